The number of hydrogen-bond acceptors (Lipinski definition) is 4. The number of hydrogen-bond donors (Lipinski definition) is 1. The Morgan fingerprint density at radius 1 is 1.12 bits per heavy atom. The second-order valence-electron chi connectivity index (χ2n) is 6.19. The summed E-state index contributed by atoms with van der Waals surface area (Å²) in [4.78, 5) is 34.4. The molecule has 2 aromatic rings. The summed E-state index contributed by atoms with van der Waals surface area (Å²) in [6.45, 7) is 1.39. The minimum atomic E-state index is -0.0761. The summed E-state index contributed by atoms with van der Waals surface area (Å²) in [6.07, 6.45) is 11.4. The molecule has 1 saturated heterocycles. The molecule has 1 aromatic heterocycles. The molecule has 0 bridgehead atoms. The van der Waals surface area contributed by atoms with E-state index in [0.717, 1.165) is 11.1 Å². The predicted molar refractivity (Wildman–Crippen MR) is 97.9 cm³/mol. The van der Waals surface area contributed by atoms with Crippen LogP contribution in [0.1, 0.15) is 23.2 Å². The molecule has 0 atom stereocenters. The molecule has 132 valence electrons. The first-order valence-corrected chi connectivity index (χ1v) is 8.55. The Hall–Kier alpha value is -3.20. The first-order valence-electron chi connectivity index (χ1n) is 8.55. The topological polar surface area (TPSA) is 75.2 Å². The number of rotatable bonds is 4. The number of carbonyl (C=O) groups is 2. The maximum absolute atomic E-state index is 12.7. The van der Waals surface area contributed by atoms with E-state index < -0.39 is 0 Å². The van der Waals surface area contributed by atoms with E-state index in [1.807, 2.05) is 24.3 Å². The van der Waals surface area contributed by atoms with E-state index in [1.165, 1.54) is 6.33 Å². The molecule has 3 rings (SSSR count). The Labute approximate surface area is 152 Å². The molecule has 1 aliphatic heterocycles. The van der Waals surface area contributed by atoms with Crippen molar-refractivity contribution in [1.82, 2.24) is 20.2 Å². The van der Waals surface area contributed by atoms with E-state index in [4.69, 9.17) is 6.42 Å². The van der Waals surface area contributed by atoms with Gasteiger partial charge in [-0.25, -0.2) is 9.97 Å². The van der Waals surface area contributed by atoms with E-state index in [9.17, 15) is 9.59 Å². The summed E-state index contributed by atoms with van der Waals surface area (Å²) in [5.74, 6) is 2.29. The van der Waals surface area contributed by atoms with Crippen molar-refractivity contribution in [2.45, 2.75) is 12.8 Å². The fraction of sp³-hybridized carbons (Fsp3) is 0.300. The molecule has 0 spiro atoms. The van der Waals surface area contributed by atoms with Crippen LogP contribution in [0.2, 0.25) is 0 Å². The Balaban J connectivity index is 1.59. The van der Waals surface area contributed by atoms with E-state index in [-0.39, 0.29) is 24.3 Å². The lowest BCUT2D eigenvalue weighted by Gasteiger charge is -2.31. The molecule has 1 aromatic carbocycles. The number of likely N-dealkylation sites (tertiary alicyclic amines) is 1. The zero-order chi connectivity index (χ0) is 18.4. The Kier molecular flexibility index (Phi) is 5.59. The summed E-state index contributed by atoms with van der Waals surface area (Å²) >= 11 is 0. The minimum Gasteiger partial charge on any atom is -0.345 e. The normalized spacial score (nSPS) is 14.5. The van der Waals surface area contributed by atoms with Crippen molar-refractivity contribution in [3.8, 4) is 23.5 Å². The summed E-state index contributed by atoms with van der Waals surface area (Å²) < 4.78 is 0. The fourth-order valence-corrected chi connectivity index (χ4v) is 3.06. The van der Waals surface area contributed by atoms with Gasteiger partial charge in [0.25, 0.3) is 5.91 Å². The molecule has 0 aliphatic carbocycles. The number of benzene rings is 1. The van der Waals surface area contributed by atoms with Gasteiger partial charge in [-0.2, -0.15) is 0 Å². The largest absolute Gasteiger partial charge is 0.345 e. The number of amides is 2. The summed E-state index contributed by atoms with van der Waals surface area (Å²) in [6, 6.07) is 7.42. The lowest BCUT2D eigenvalue weighted by molar-refractivity contribution is -0.126. The molecule has 0 radical (unpaired) electrons. The number of piperidine rings is 1. The summed E-state index contributed by atoms with van der Waals surface area (Å²) in [5.41, 5.74) is 2.51. The average molecular weight is 348 g/mol. The third-order valence-electron chi connectivity index (χ3n) is 4.54. The molecular weight excluding hydrogens is 328 g/mol. The van der Waals surface area contributed by atoms with Crippen molar-refractivity contribution in [1.29, 1.82) is 0 Å². The highest BCUT2D eigenvalue weighted by Gasteiger charge is 2.27. The van der Waals surface area contributed by atoms with E-state index in [1.54, 1.807) is 17.3 Å². The highest BCUT2D eigenvalue weighted by molar-refractivity contribution is 5.95. The van der Waals surface area contributed by atoms with Gasteiger partial charge in [0.15, 0.2) is 0 Å². The summed E-state index contributed by atoms with van der Waals surface area (Å²) in [5, 5.41) is 2.71. The van der Waals surface area contributed by atoms with Crippen molar-refractivity contribution in [3.05, 3.63) is 48.5 Å². The van der Waals surface area contributed by atoms with E-state index in [2.05, 4.69) is 21.2 Å². The van der Waals surface area contributed by atoms with Gasteiger partial charge in [0.05, 0.1) is 6.54 Å². The molecule has 26 heavy (non-hydrogen) atoms. The second kappa shape index (κ2) is 8.26. The monoisotopic (exact) mass is 348 g/mol. The van der Waals surface area contributed by atoms with Crippen molar-refractivity contribution in [2.24, 2.45) is 5.92 Å². The molecule has 6 nitrogen and oxygen atoms in total. The first kappa shape index (κ1) is 17.6. The quantitative estimate of drug-likeness (QED) is 0.854. The van der Waals surface area contributed by atoms with Crippen LogP contribution in [-0.4, -0.2) is 46.3 Å². The van der Waals surface area contributed by atoms with Gasteiger partial charge in [0.1, 0.15) is 6.33 Å². The van der Waals surface area contributed by atoms with Crippen molar-refractivity contribution in [3.63, 3.8) is 0 Å². The Morgan fingerprint density at radius 3 is 2.38 bits per heavy atom. The third-order valence-corrected chi connectivity index (χ3v) is 4.54. The Bertz CT molecular complexity index is 804. The number of terminal acetylenes is 1. The van der Waals surface area contributed by atoms with Gasteiger partial charge in [0.2, 0.25) is 5.91 Å². The molecule has 2 heterocycles. The van der Waals surface area contributed by atoms with Gasteiger partial charge in [-0.1, -0.05) is 18.1 Å². The van der Waals surface area contributed by atoms with Crippen LogP contribution >= 0.6 is 0 Å². The maximum atomic E-state index is 12.7. The standard InChI is InChI=1S/C20H20N4O2/c1-2-9-23-19(25)16-7-10-24(11-8-16)20(26)17-5-3-15(4-6-17)18-12-21-14-22-13-18/h1,3-6,12-14,16H,7-11H2,(H,23,25). The van der Waals surface area contributed by atoms with Crippen LogP contribution in [0.5, 0.6) is 0 Å². The SMILES string of the molecule is C#CCNC(=O)C1CCN(C(=O)c2ccc(-c3cncnc3)cc2)CC1. The van der Waals surface area contributed by atoms with Gasteiger partial charge in [0, 0.05) is 42.5 Å². The molecule has 2 amide bonds. The number of nitrogens with one attached hydrogen (secondary N) is 1. The average Bonchev–Trinajstić information content (AvgIpc) is 2.72. The fourth-order valence-electron chi connectivity index (χ4n) is 3.06. The molecule has 0 saturated carbocycles. The number of aromatic nitrogens is 2. The van der Waals surface area contributed by atoms with Gasteiger partial charge in [-0.3, -0.25) is 9.59 Å². The molecular formula is C20H20N4O2. The van der Waals surface area contributed by atoms with Crippen molar-refractivity contribution >= 4 is 11.8 Å². The zero-order valence-corrected chi connectivity index (χ0v) is 14.4. The van der Waals surface area contributed by atoms with Crippen LogP contribution in [0.15, 0.2) is 43.0 Å². The van der Waals surface area contributed by atoms with Crippen LogP contribution in [-0.2, 0) is 4.79 Å². The second-order valence-corrected chi connectivity index (χ2v) is 6.19. The van der Waals surface area contributed by atoms with Gasteiger partial charge >= 0.3 is 0 Å². The maximum Gasteiger partial charge on any atom is 0.253 e. The van der Waals surface area contributed by atoms with Gasteiger partial charge in [-0.05, 0) is 30.5 Å². The van der Waals surface area contributed by atoms with E-state index >= 15 is 0 Å². The first-order chi connectivity index (χ1) is 12.7. The van der Waals surface area contributed by atoms with Crippen LogP contribution in [0.3, 0.4) is 0 Å². The zero-order valence-electron chi connectivity index (χ0n) is 14.4. The van der Waals surface area contributed by atoms with Gasteiger partial charge < -0.3 is 10.2 Å². The lowest BCUT2D eigenvalue weighted by atomic mass is 9.95. The number of carbonyl (C=O) groups excluding carboxylic acids is 2. The molecule has 1 N–H and O–H groups in total. The van der Waals surface area contributed by atoms with E-state index in [0.29, 0.717) is 31.5 Å². The van der Waals surface area contributed by atoms with Crippen LogP contribution < -0.4 is 5.32 Å². The van der Waals surface area contributed by atoms with Crippen molar-refractivity contribution < 1.29 is 9.59 Å². The minimum absolute atomic E-state index is 0.0108. The molecule has 1 fully saturated rings. The number of nitrogens with zero attached hydrogens (tertiary/aromatic N) is 3. The predicted octanol–water partition coefficient (Wildman–Crippen LogP) is 1.75. The third kappa shape index (κ3) is 4.06. The molecule has 1 aliphatic rings. The van der Waals surface area contributed by atoms with Crippen LogP contribution in [0, 0.1) is 18.3 Å². The molecule has 0 unspecified atom stereocenters. The summed E-state index contributed by atoms with van der Waals surface area (Å²) in [7, 11) is 0. The lowest BCUT2D eigenvalue weighted by Crippen LogP contribution is -2.43. The van der Waals surface area contributed by atoms with Crippen LogP contribution in [0.4, 0.5) is 0 Å². The van der Waals surface area contributed by atoms with Gasteiger partial charge in [-0.15, -0.1) is 6.42 Å². The highest BCUT2D eigenvalue weighted by atomic mass is 16.2. The Morgan fingerprint density at radius 2 is 1.77 bits per heavy atom. The smallest absolute Gasteiger partial charge is 0.253 e. The highest BCUT2D eigenvalue weighted by Crippen LogP contribution is 2.21. The van der Waals surface area contributed by atoms with Crippen LogP contribution in [0.25, 0.3) is 11.1 Å². The van der Waals surface area contributed by atoms with Crippen molar-refractivity contribution in [2.75, 3.05) is 19.6 Å². The molecule has 6 heteroatoms.